The summed E-state index contributed by atoms with van der Waals surface area (Å²) in [6, 6.07) is 6.83. The van der Waals surface area contributed by atoms with Gasteiger partial charge in [-0.05, 0) is 38.7 Å². The average Bonchev–Trinajstić information content (AvgIpc) is 3.11. The molecule has 1 aromatic rings. The molecule has 0 amide bonds. The highest BCUT2D eigenvalue weighted by atomic mass is 16.5. The Balaban J connectivity index is 2.18. The van der Waals surface area contributed by atoms with Gasteiger partial charge in [0.05, 0.1) is 13.2 Å². The maximum Gasteiger partial charge on any atom is 0.169 e. The topological polar surface area (TPSA) is 44.5 Å². The van der Waals surface area contributed by atoms with Gasteiger partial charge in [-0.1, -0.05) is 6.07 Å². The molecule has 1 unspecified atom stereocenters. The van der Waals surface area contributed by atoms with E-state index in [9.17, 15) is 0 Å². The van der Waals surface area contributed by atoms with Gasteiger partial charge in [0.1, 0.15) is 0 Å². The highest BCUT2D eigenvalue weighted by Crippen LogP contribution is 2.36. The second-order valence-electron chi connectivity index (χ2n) is 4.57. The SMILES string of the molecule is CCOc1c(OCC2CC2)[c]ccc1C(C)N. The number of hydrogen-bond acceptors (Lipinski definition) is 3. The molecule has 0 aromatic heterocycles. The first-order valence-electron chi connectivity index (χ1n) is 6.28. The summed E-state index contributed by atoms with van der Waals surface area (Å²) in [5.41, 5.74) is 6.92. The molecular weight excluding hydrogens is 214 g/mol. The number of nitrogens with two attached hydrogens (primary N) is 1. The third-order valence-electron chi connectivity index (χ3n) is 2.89. The van der Waals surface area contributed by atoms with Crippen LogP contribution in [0.3, 0.4) is 0 Å². The standard InChI is InChI=1S/C14H20NO2/c1-3-16-14-12(10(2)15)5-4-6-13(14)17-9-11-7-8-11/h4-5,10-11H,3,7-9,15H2,1-2H3. The Bertz CT molecular complexity index is 372. The molecule has 1 saturated carbocycles. The Hall–Kier alpha value is -1.22. The van der Waals surface area contributed by atoms with Crippen molar-refractivity contribution in [3.63, 3.8) is 0 Å². The van der Waals surface area contributed by atoms with Gasteiger partial charge in [-0.25, -0.2) is 0 Å². The predicted octanol–water partition coefficient (Wildman–Crippen LogP) is 2.69. The molecule has 1 fully saturated rings. The zero-order valence-corrected chi connectivity index (χ0v) is 10.5. The van der Waals surface area contributed by atoms with E-state index in [1.807, 2.05) is 26.0 Å². The summed E-state index contributed by atoms with van der Waals surface area (Å²) in [5, 5.41) is 0. The minimum atomic E-state index is -0.0607. The smallest absolute Gasteiger partial charge is 0.169 e. The Morgan fingerprint density at radius 2 is 2.24 bits per heavy atom. The molecule has 93 valence electrons. The van der Waals surface area contributed by atoms with Crippen molar-refractivity contribution in [2.45, 2.75) is 32.7 Å². The van der Waals surface area contributed by atoms with E-state index in [1.54, 1.807) is 0 Å². The van der Waals surface area contributed by atoms with Gasteiger partial charge in [0, 0.05) is 17.7 Å². The van der Waals surface area contributed by atoms with Gasteiger partial charge in [0.2, 0.25) is 0 Å². The molecule has 2 N–H and O–H groups in total. The first kappa shape index (κ1) is 12.2. The van der Waals surface area contributed by atoms with Crippen LogP contribution in [0.15, 0.2) is 12.1 Å². The van der Waals surface area contributed by atoms with Crippen LogP contribution in [-0.2, 0) is 0 Å². The minimum Gasteiger partial charge on any atom is -0.490 e. The molecule has 1 aromatic carbocycles. The Labute approximate surface area is 103 Å². The molecule has 3 heteroatoms. The van der Waals surface area contributed by atoms with Crippen molar-refractivity contribution in [3.05, 3.63) is 23.8 Å². The Kier molecular flexibility index (Phi) is 3.89. The van der Waals surface area contributed by atoms with E-state index in [1.165, 1.54) is 12.8 Å². The van der Waals surface area contributed by atoms with Crippen LogP contribution in [0.5, 0.6) is 11.5 Å². The molecule has 2 rings (SSSR count). The monoisotopic (exact) mass is 234 g/mol. The van der Waals surface area contributed by atoms with Gasteiger partial charge < -0.3 is 15.2 Å². The molecule has 3 nitrogen and oxygen atoms in total. The summed E-state index contributed by atoms with van der Waals surface area (Å²) in [6.45, 7) is 5.28. The third kappa shape index (κ3) is 3.13. The van der Waals surface area contributed by atoms with Crippen molar-refractivity contribution in [3.8, 4) is 11.5 Å². The van der Waals surface area contributed by atoms with Crippen LogP contribution in [0.25, 0.3) is 0 Å². The fraction of sp³-hybridized carbons (Fsp3) is 0.571. The van der Waals surface area contributed by atoms with E-state index < -0.39 is 0 Å². The Morgan fingerprint density at radius 3 is 2.82 bits per heavy atom. The van der Waals surface area contributed by atoms with Crippen molar-refractivity contribution in [1.82, 2.24) is 0 Å². The predicted molar refractivity (Wildman–Crippen MR) is 67.3 cm³/mol. The van der Waals surface area contributed by atoms with E-state index in [4.69, 9.17) is 15.2 Å². The zero-order chi connectivity index (χ0) is 12.3. The van der Waals surface area contributed by atoms with Crippen LogP contribution in [0.4, 0.5) is 0 Å². The van der Waals surface area contributed by atoms with Gasteiger partial charge in [0.15, 0.2) is 11.5 Å². The number of benzene rings is 1. The molecule has 0 heterocycles. The van der Waals surface area contributed by atoms with E-state index in [0.29, 0.717) is 12.4 Å². The lowest BCUT2D eigenvalue weighted by Crippen LogP contribution is -2.10. The molecule has 1 aliphatic carbocycles. The van der Waals surface area contributed by atoms with Crippen LogP contribution in [0.1, 0.15) is 38.3 Å². The normalized spacial score (nSPS) is 16.6. The summed E-state index contributed by atoms with van der Waals surface area (Å²) in [5.74, 6) is 2.18. The number of ether oxygens (including phenoxy) is 2. The lowest BCUT2D eigenvalue weighted by atomic mass is 10.1. The summed E-state index contributed by atoms with van der Waals surface area (Å²) in [7, 11) is 0. The molecule has 0 bridgehead atoms. The van der Waals surface area contributed by atoms with E-state index in [0.717, 1.165) is 23.8 Å². The van der Waals surface area contributed by atoms with Gasteiger partial charge in [0.25, 0.3) is 0 Å². The van der Waals surface area contributed by atoms with Crippen LogP contribution in [0.2, 0.25) is 0 Å². The zero-order valence-electron chi connectivity index (χ0n) is 10.5. The van der Waals surface area contributed by atoms with Gasteiger partial charge in [-0.15, -0.1) is 0 Å². The van der Waals surface area contributed by atoms with Gasteiger partial charge in [-0.2, -0.15) is 0 Å². The van der Waals surface area contributed by atoms with E-state index >= 15 is 0 Å². The molecule has 17 heavy (non-hydrogen) atoms. The van der Waals surface area contributed by atoms with Crippen LogP contribution in [-0.4, -0.2) is 13.2 Å². The van der Waals surface area contributed by atoms with E-state index in [2.05, 4.69) is 6.07 Å². The molecule has 1 radical (unpaired) electrons. The summed E-state index contributed by atoms with van der Waals surface area (Å²) in [6.07, 6.45) is 2.55. The van der Waals surface area contributed by atoms with Crippen molar-refractivity contribution in [2.75, 3.05) is 13.2 Å². The maximum atomic E-state index is 5.93. The first-order chi connectivity index (χ1) is 8.22. The lowest BCUT2D eigenvalue weighted by molar-refractivity contribution is 0.264. The molecule has 0 saturated heterocycles. The summed E-state index contributed by atoms with van der Waals surface area (Å²) >= 11 is 0. The highest BCUT2D eigenvalue weighted by Gasteiger charge is 2.23. The average molecular weight is 234 g/mol. The quantitative estimate of drug-likeness (QED) is 0.823. The molecule has 1 aliphatic rings. The van der Waals surface area contributed by atoms with Gasteiger partial charge in [-0.3, -0.25) is 0 Å². The first-order valence-corrected chi connectivity index (χ1v) is 6.28. The number of rotatable bonds is 6. The minimum absolute atomic E-state index is 0.0607. The summed E-state index contributed by atoms with van der Waals surface area (Å²) < 4.78 is 11.4. The Morgan fingerprint density at radius 1 is 1.47 bits per heavy atom. The van der Waals surface area contributed by atoms with Crippen molar-refractivity contribution >= 4 is 0 Å². The van der Waals surface area contributed by atoms with Crippen molar-refractivity contribution < 1.29 is 9.47 Å². The highest BCUT2D eigenvalue weighted by molar-refractivity contribution is 5.47. The molecular formula is C14H20NO2. The van der Waals surface area contributed by atoms with Crippen molar-refractivity contribution in [2.24, 2.45) is 11.7 Å². The second kappa shape index (κ2) is 5.41. The van der Waals surface area contributed by atoms with Crippen molar-refractivity contribution in [1.29, 1.82) is 0 Å². The van der Waals surface area contributed by atoms with E-state index in [-0.39, 0.29) is 6.04 Å². The van der Waals surface area contributed by atoms with Crippen LogP contribution < -0.4 is 15.2 Å². The lowest BCUT2D eigenvalue weighted by Gasteiger charge is -2.17. The summed E-state index contributed by atoms with van der Waals surface area (Å²) in [4.78, 5) is 0. The molecule has 0 spiro atoms. The third-order valence-corrected chi connectivity index (χ3v) is 2.89. The van der Waals surface area contributed by atoms with Gasteiger partial charge >= 0.3 is 0 Å². The number of hydrogen-bond donors (Lipinski definition) is 1. The fourth-order valence-electron chi connectivity index (χ4n) is 1.72. The fourth-order valence-corrected chi connectivity index (χ4v) is 1.72. The van der Waals surface area contributed by atoms with Crippen LogP contribution in [0, 0.1) is 12.0 Å². The molecule has 1 atom stereocenters. The second-order valence-corrected chi connectivity index (χ2v) is 4.57. The largest absolute Gasteiger partial charge is 0.490 e. The maximum absolute atomic E-state index is 5.93. The van der Waals surface area contributed by atoms with Crippen LogP contribution >= 0.6 is 0 Å². The molecule has 0 aliphatic heterocycles.